The fourth-order valence-electron chi connectivity index (χ4n) is 3.65. The minimum atomic E-state index is -0.343. The molecule has 1 aliphatic carbocycles. The van der Waals surface area contributed by atoms with E-state index in [1.165, 1.54) is 6.42 Å². The molecule has 6 heteroatoms. The quantitative estimate of drug-likeness (QED) is 0.776. The summed E-state index contributed by atoms with van der Waals surface area (Å²) in [5.41, 5.74) is 1.53. The van der Waals surface area contributed by atoms with Crippen molar-refractivity contribution < 1.29 is 14.0 Å². The number of hydrogen-bond donors (Lipinski definition) is 0. The van der Waals surface area contributed by atoms with Crippen molar-refractivity contribution in [2.45, 2.75) is 76.7 Å². The van der Waals surface area contributed by atoms with Gasteiger partial charge < -0.3 is 18.6 Å². The van der Waals surface area contributed by atoms with Gasteiger partial charge >= 0.3 is 7.12 Å². The monoisotopic (exact) mass is 357 g/mol. The molecule has 1 saturated carbocycles. The van der Waals surface area contributed by atoms with Gasteiger partial charge in [0, 0.05) is 23.9 Å². The maximum absolute atomic E-state index is 12.2. The molecule has 1 aromatic heterocycles. The highest BCUT2D eigenvalue weighted by molar-refractivity contribution is 6.54. The van der Waals surface area contributed by atoms with Crippen molar-refractivity contribution in [3.05, 3.63) is 45.8 Å². The molecule has 0 N–H and O–H groups in total. The second-order valence-electron chi connectivity index (χ2n) is 8.66. The fourth-order valence-corrected chi connectivity index (χ4v) is 3.65. The first-order chi connectivity index (χ1) is 12.3. The SMILES string of the molecule is CC1(C)OB(C2=CC(c3ccc(=O)n(C4CCC4)c3)OCC2)OC1(C)C. The maximum atomic E-state index is 12.2. The third-order valence-electron chi connectivity index (χ3n) is 6.37. The summed E-state index contributed by atoms with van der Waals surface area (Å²) in [4.78, 5) is 12.2. The van der Waals surface area contributed by atoms with Crippen LogP contribution in [0.25, 0.3) is 0 Å². The molecule has 0 radical (unpaired) electrons. The lowest BCUT2D eigenvalue weighted by atomic mass is 9.74. The summed E-state index contributed by atoms with van der Waals surface area (Å²) in [6.45, 7) is 8.90. The Balaban J connectivity index is 1.59. The summed E-state index contributed by atoms with van der Waals surface area (Å²) in [6, 6.07) is 3.89. The zero-order chi connectivity index (χ0) is 18.5. The molecule has 1 saturated heterocycles. The number of aromatic nitrogens is 1. The van der Waals surface area contributed by atoms with E-state index in [4.69, 9.17) is 14.0 Å². The number of pyridine rings is 1. The van der Waals surface area contributed by atoms with Gasteiger partial charge in [-0.25, -0.2) is 0 Å². The van der Waals surface area contributed by atoms with Crippen molar-refractivity contribution in [3.8, 4) is 0 Å². The van der Waals surface area contributed by atoms with E-state index in [9.17, 15) is 4.79 Å². The molecule has 3 heterocycles. The number of rotatable bonds is 3. The highest BCUT2D eigenvalue weighted by Gasteiger charge is 2.52. The molecule has 0 aromatic carbocycles. The molecule has 2 aliphatic heterocycles. The standard InChI is InChI=1S/C20H28BNO4/c1-19(2)20(3,4)26-21(25-19)15-10-11-24-17(12-15)14-8-9-18(23)22(13-14)16-6-5-7-16/h8-9,12-13,16-17H,5-7,10-11H2,1-4H3. The largest absolute Gasteiger partial charge is 0.490 e. The van der Waals surface area contributed by atoms with E-state index in [1.807, 2.05) is 16.8 Å². The van der Waals surface area contributed by atoms with Crippen molar-refractivity contribution >= 4 is 7.12 Å². The van der Waals surface area contributed by atoms with Gasteiger partial charge in [-0.1, -0.05) is 6.08 Å². The van der Waals surface area contributed by atoms with Crippen molar-refractivity contribution in [1.29, 1.82) is 0 Å². The van der Waals surface area contributed by atoms with Gasteiger partial charge in [0.15, 0.2) is 0 Å². The third kappa shape index (κ3) is 3.08. The van der Waals surface area contributed by atoms with Crippen LogP contribution in [-0.2, 0) is 14.0 Å². The van der Waals surface area contributed by atoms with Gasteiger partial charge in [0.1, 0.15) is 6.10 Å². The number of ether oxygens (including phenoxy) is 1. The van der Waals surface area contributed by atoms with Crippen LogP contribution in [-0.4, -0.2) is 29.5 Å². The highest BCUT2D eigenvalue weighted by Crippen LogP contribution is 2.40. The van der Waals surface area contributed by atoms with E-state index < -0.39 is 0 Å². The van der Waals surface area contributed by atoms with Gasteiger partial charge in [0.25, 0.3) is 5.56 Å². The molecule has 26 heavy (non-hydrogen) atoms. The van der Waals surface area contributed by atoms with Gasteiger partial charge in [-0.05, 0) is 64.9 Å². The molecule has 3 aliphatic rings. The average molecular weight is 357 g/mol. The van der Waals surface area contributed by atoms with Gasteiger partial charge in [-0.3, -0.25) is 4.79 Å². The fraction of sp³-hybridized carbons (Fsp3) is 0.650. The van der Waals surface area contributed by atoms with Crippen LogP contribution in [0.3, 0.4) is 0 Å². The van der Waals surface area contributed by atoms with Crippen LogP contribution < -0.4 is 5.56 Å². The second-order valence-corrected chi connectivity index (χ2v) is 8.66. The Morgan fingerprint density at radius 1 is 1.12 bits per heavy atom. The lowest BCUT2D eigenvalue weighted by Gasteiger charge is -2.32. The van der Waals surface area contributed by atoms with Gasteiger partial charge in [-0.2, -0.15) is 0 Å². The summed E-state index contributed by atoms with van der Waals surface area (Å²) >= 11 is 0. The van der Waals surface area contributed by atoms with Crippen LogP contribution in [0.15, 0.2) is 34.7 Å². The molecule has 2 fully saturated rings. The van der Waals surface area contributed by atoms with E-state index in [2.05, 4.69) is 33.8 Å². The summed E-state index contributed by atoms with van der Waals surface area (Å²) in [7, 11) is -0.330. The molecule has 1 aromatic rings. The minimum Gasteiger partial charge on any atom is -0.400 e. The minimum absolute atomic E-state index is 0.0735. The molecule has 4 rings (SSSR count). The van der Waals surface area contributed by atoms with Crippen molar-refractivity contribution in [1.82, 2.24) is 4.57 Å². The van der Waals surface area contributed by atoms with Crippen molar-refractivity contribution in [3.63, 3.8) is 0 Å². The zero-order valence-corrected chi connectivity index (χ0v) is 16.2. The molecule has 1 unspecified atom stereocenters. The molecule has 0 bridgehead atoms. The molecule has 1 atom stereocenters. The molecule has 0 amide bonds. The Bertz CT molecular complexity index is 762. The first-order valence-corrected chi connectivity index (χ1v) is 9.67. The summed E-state index contributed by atoms with van der Waals surface area (Å²) < 4.78 is 20.2. The van der Waals surface area contributed by atoms with Crippen LogP contribution in [0.1, 0.15) is 71.1 Å². The van der Waals surface area contributed by atoms with Crippen LogP contribution in [0.4, 0.5) is 0 Å². The smallest absolute Gasteiger partial charge is 0.400 e. The van der Waals surface area contributed by atoms with Crippen LogP contribution in [0, 0.1) is 0 Å². The molecule has 0 spiro atoms. The average Bonchev–Trinajstić information content (AvgIpc) is 2.76. The first kappa shape index (κ1) is 18.0. The Morgan fingerprint density at radius 3 is 2.42 bits per heavy atom. The molecular weight excluding hydrogens is 329 g/mol. The van der Waals surface area contributed by atoms with Crippen LogP contribution >= 0.6 is 0 Å². The molecular formula is C20H28BNO4. The van der Waals surface area contributed by atoms with Gasteiger partial charge in [0.05, 0.1) is 17.8 Å². The number of nitrogens with zero attached hydrogens (tertiary/aromatic N) is 1. The summed E-state index contributed by atoms with van der Waals surface area (Å²) in [5.74, 6) is 0. The van der Waals surface area contributed by atoms with E-state index in [0.717, 1.165) is 30.3 Å². The predicted molar refractivity (Wildman–Crippen MR) is 101 cm³/mol. The maximum Gasteiger partial charge on any atom is 0.490 e. The van der Waals surface area contributed by atoms with Gasteiger partial charge in [0.2, 0.25) is 0 Å². The second kappa shape index (κ2) is 6.36. The Labute approximate surface area is 155 Å². The van der Waals surface area contributed by atoms with Crippen LogP contribution in [0.2, 0.25) is 0 Å². The van der Waals surface area contributed by atoms with E-state index in [0.29, 0.717) is 12.6 Å². The first-order valence-electron chi connectivity index (χ1n) is 9.67. The predicted octanol–water partition coefficient (Wildman–Crippen LogP) is 3.59. The lowest BCUT2D eigenvalue weighted by Crippen LogP contribution is -2.41. The van der Waals surface area contributed by atoms with Crippen molar-refractivity contribution in [2.75, 3.05) is 6.61 Å². The Kier molecular flexibility index (Phi) is 4.41. The normalized spacial score (nSPS) is 27.9. The van der Waals surface area contributed by atoms with E-state index in [1.54, 1.807) is 6.07 Å². The highest BCUT2D eigenvalue weighted by atomic mass is 16.7. The molecule has 5 nitrogen and oxygen atoms in total. The lowest BCUT2D eigenvalue weighted by molar-refractivity contribution is 0.00578. The number of hydrogen-bond acceptors (Lipinski definition) is 4. The topological polar surface area (TPSA) is 49.7 Å². The Morgan fingerprint density at radius 2 is 1.81 bits per heavy atom. The van der Waals surface area contributed by atoms with E-state index >= 15 is 0 Å². The summed E-state index contributed by atoms with van der Waals surface area (Å²) in [6.07, 6.45) is 8.10. The van der Waals surface area contributed by atoms with Crippen molar-refractivity contribution in [2.24, 2.45) is 0 Å². The van der Waals surface area contributed by atoms with E-state index in [-0.39, 0.29) is 30.0 Å². The van der Waals surface area contributed by atoms with Gasteiger partial charge in [-0.15, -0.1) is 0 Å². The molecule has 140 valence electrons. The third-order valence-corrected chi connectivity index (χ3v) is 6.37. The summed E-state index contributed by atoms with van der Waals surface area (Å²) in [5, 5.41) is 0. The zero-order valence-electron chi connectivity index (χ0n) is 16.2. The Hall–Kier alpha value is -1.37. The van der Waals surface area contributed by atoms with Crippen LogP contribution in [0.5, 0.6) is 0 Å².